The molecule has 0 aliphatic heterocycles. The van der Waals surface area contributed by atoms with E-state index in [1.54, 1.807) is 0 Å². The van der Waals surface area contributed by atoms with Crippen LogP contribution >= 0.6 is 12.6 Å². The predicted molar refractivity (Wildman–Crippen MR) is 53.1 cm³/mol. The van der Waals surface area contributed by atoms with E-state index in [1.165, 1.54) is 12.0 Å². The van der Waals surface area contributed by atoms with Gasteiger partial charge >= 0.3 is 0 Å². The number of hydrogen-bond donors (Lipinski definition) is 1. The molecule has 1 atom stereocenters. The summed E-state index contributed by atoms with van der Waals surface area (Å²) in [5, 5.41) is 0.418. The largest absolute Gasteiger partial charge is 0.171 e. The third kappa shape index (κ3) is 2.58. The van der Waals surface area contributed by atoms with Crippen molar-refractivity contribution in [1.82, 2.24) is 0 Å². The number of hydrogen-bond acceptors (Lipinski definition) is 1. The van der Waals surface area contributed by atoms with Crippen molar-refractivity contribution in [3.8, 4) is 0 Å². The lowest BCUT2D eigenvalue weighted by Crippen LogP contribution is -1.88. The minimum absolute atomic E-state index is 0.418. The van der Waals surface area contributed by atoms with Crippen LogP contribution in [0.3, 0.4) is 0 Å². The summed E-state index contributed by atoms with van der Waals surface area (Å²) in [6.45, 7) is 2.19. The molecule has 0 aliphatic rings. The molecular weight excluding hydrogens is 152 g/mol. The zero-order valence-corrected chi connectivity index (χ0v) is 7.72. The molecule has 0 fully saturated rings. The van der Waals surface area contributed by atoms with Gasteiger partial charge in [-0.2, -0.15) is 12.6 Å². The zero-order chi connectivity index (χ0) is 8.10. The van der Waals surface area contributed by atoms with Crippen molar-refractivity contribution in [3.05, 3.63) is 35.9 Å². The molecule has 0 saturated carbocycles. The minimum atomic E-state index is 0.418. The zero-order valence-electron chi connectivity index (χ0n) is 6.83. The highest BCUT2D eigenvalue weighted by molar-refractivity contribution is 7.80. The molecule has 60 valence electrons. The van der Waals surface area contributed by atoms with Gasteiger partial charge in [-0.25, -0.2) is 0 Å². The lowest BCUT2D eigenvalue weighted by atomic mass is 10.1. The van der Waals surface area contributed by atoms with Gasteiger partial charge in [-0.3, -0.25) is 0 Å². The smallest absolute Gasteiger partial charge is 0.0267 e. The van der Waals surface area contributed by atoms with Crippen molar-refractivity contribution in [2.75, 3.05) is 0 Å². The van der Waals surface area contributed by atoms with Gasteiger partial charge in [0, 0.05) is 5.25 Å². The molecule has 0 N–H and O–H groups in total. The van der Waals surface area contributed by atoms with Crippen molar-refractivity contribution >= 4 is 12.6 Å². The first-order valence-corrected chi connectivity index (χ1v) is 4.59. The van der Waals surface area contributed by atoms with Gasteiger partial charge < -0.3 is 0 Å². The van der Waals surface area contributed by atoms with E-state index >= 15 is 0 Å². The van der Waals surface area contributed by atoms with E-state index in [9.17, 15) is 0 Å². The van der Waals surface area contributed by atoms with E-state index in [4.69, 9.17) is 0 Å². The first kappa shape index (κ1) is 8.66. The fraction of sp³-hybridized carbons (Fsp3) is 0.400. The second-order valence-electron chi connectivity index (χ2n) is 2.72. The number of thiol groups is 1. The Balaban J connectivity index is 2.61. The quantitative estimate of drug-likeness (QED) is 0.653. The average molecular weight is 166 g/mol. The molecule has 0 saturated heterocycles. The molecule has 0 bridgehead atoms. The molecular formula is C10H14S. The van der Waals surface area contributed by atoms with Gasteiger partial charge in [0.15, 0.2) is 0 Å². The third-order valence-corrected chi connectivity index (χ3v) is 2.30. The molecule has 0 nitrogen and oxygen atoms in total. The van der Waals surface area contributed by atoms with Crippen LogP contribution in [0.1, 0.15) is 30.6 Å². The van der Waals surface area contributed by atoms with Crippen molar-refractivity contribution in [2.45, 2.75) is 25.0 Å². The molecule has 0 amide bonds. The maximum atomic E-state index is 4.50. The summed E-state index contributed by atoms with van der Waals surface area (Å²) >= 11 is 4.50. The monoisotopic (exact) mass is 166 g/mol. The van der Waals surface area contributed by atoms with E-state index in [0.29, 0.717) is 5.25 Å². The maximum absolute atomic E-state index is 4.50. The van der Waals surface area contributed by atoms with Gasteiger partial charge in [-0.05, 0) is 12.0 Å². The highest BCUT2D eigenvalue weighted by Gasteiger charge is 2.02. The van der Waals surface area contributed by atoms with Crippen LogP contribution in [0.2, 0.25) is 0 Å². The number of benzene rings is 1. The molecule has 1 aromatic carbocycles. The molecule has 11 heavy (non-hydrogen) atoms. The summed E-state index contributed by atoms with van der Waals surface area (Å²) in [7, 11) is 0. The van der Waals surface area contributed by atoms with E-state index in [2.05, 4.69) is 43.8 Å². The fourth-order valence-corrected chi connectivity index (χ4v) is 1.55. The first-order valence-electron chi connectivity index (χ1n) is 4.07. The van der Waals surface area contributed by atoms with Crippen molar-refractivity contribution < 1.29 is 0 Å². The summed E-state index contributed by atoms with van der Waals surface area (Å²) in [5.74, 6) is 0. The Labute approximate surface area is 74.0 Å². The SMILES string of the molecule is CCC[C@H](S)c1ccccc1. The van der Waals surface area contributed by atoms with Crippen LogP contribution in [0.5, 0.6) is 0 Å². The highest BCUT2D eigenvalue weighted by atomic mass is 32.1. The van der Waals surface area contributed by atoms with Crippen molar-refractivity contribution in [2.24, 2.45) is 0 Å². The van der Waals surface area contributed by atoms with Crippen LogP contribution in [0, 0.1) is 0 Å². The topological polar surface area (TPSA) is 0 Å². The number of rotatable bonds is 3. The lowest BCUT2D eigenvalue weighted by molar-refractivity contribution is 0.783. The summed E-state index contributed by atoms with van der Waals surface area (Å²) in [4.78, 5) is 0. The fourth-order valence-electron chi connectivity index (χ4n) is 1.12. The van der Waals surface area contributed by atoms with Gasteiger partial charge in [-0.1, -0.05) is 43.7 Å². The molecule has 0 unspecified atom stereocenters. The summed E-state index contributed by atoms with van der Waals surface area (Å²) in [5.41, 5.74) is 1.33. The van der Waals surface area contributed by atoms with Gasteiger partial charge in [0.1, 0.15) is 0 Å². The molecule has 0 aliphatic carbocycles. The molecule has 0 aromatic heterocycles. The summed E-state index contributed by atoms with van der Waals surface area (Å²) in [6, 6.07) is 10.4. The predicted octanol–water partition coefficient (Wildman–Crippen LogP) is 3.46. The third-order valence-electron chi connectivity index (χ3n) is 1.75. The Morgan fingerprint density at radius 2 is 1.91 bits per heavy atom. The van der Waals surface area contributed by atoms with Crippen LogP contribution in [0.15, 0.2) is 30.3 Å². The lowest BCUT2D eigenvalue weighted by Gasteiger charge is -2.08. The molecule has 1 rings (SSSR count). The van der Waals surface area contributed by atoms with Gasteiger partial charge in [-0.15, -0.1) is 0 Å². The van der Waals surface area contributed by atoms with Crippen LogP contribution < -0.4 is 0 Å². The molecule has 0 spiro atoms. The summed E-state index contributed by atoms with van der Waals surface area (Å²) in [6.07, 6.45) is 2.36. The second kappa shape index (κ2) is 4.45. The van der Waals surface area contributed by atoms with Crippen LogP contribution in [-0.2, 0) is 0 Å². The Morgan fingerprint density at radius 3 is 2.45 bits per heavy atom. The normalized spacial score (nSPS) is 12.9. The van der Waals surface area contributed by atoms with Crippen LogP contribution in [-0.4, -0.2) is 0 Å². The molecule has 1 aromatic rings. The highest BCUT2D eigenvalue weighted by Crippen LogP contribution is 2.23. The molecule has 0 radical (unpaired) electrons. The van der Waals surface area contributed by atoms with E-state index in [-0.39, 0.29) is 0 Å². The van der Waals surface area contributed by atoms with Gasteiger partial charge in [0.2, 0.25) is 0 Å². The molecule has 0 heterocycles. The van der Waals surface area contributed by atoms with Crippen molar-refractivity contribution in [3.63, 3.8) is 0 Å². The minimum Gasteiger partial charge on any atom is -0.171 e. The Bertz CT molecular complexity index is 193. The van der Waals surface area contributed by atoms with Gasteiger partial charge in [0.25, 0.3) is 0 Å². The molecule has 1 heteroatoms. The van der Waals surface area contributed by atoms with E-state index in [1.807, 2.05) is 6.07 Å². The van der Waals surface area contributed by atoms with E-state index in [0.717, 1.165) is 6.42 Å². The Kier molecular flexibility index (Phi) is 3.50. The van der Waals surface area contributed by atoms with Crippen molar-refractivity contribution in [1.29, 1.82) is 0 Å². The maximum Gasteiger partial charge on any atom is 0.0267 e. The first-order chi connectivity index (χ1) is 5.34. The Morgan fingerprint density at radius 1 is 1.27 bits per heavy atom. The standard InChI is InChI=1S/C10H14S/c1-2-6-10(11)9-7-4-3-5-8-9/h3-5,7-8,10-11H,2,6H2,1H3/t10-/m0/s1. The second-order valence-corrected chi connectivity index (χ2v) is 3.34. The van der Waals surface area contributed by atoms with E-state index < -0.39 is 0 Å². The average Bonchev–Trinajstić information content (AvgIpc) is 2.07. The van der Waals surface area contributed by atoms with Crippen LogP contribution in [0.4, 0.5) is 0 Å². The van der Waals surface area contributed by atoms with Crippen LogP contribution in [0.25, 0.3) is 0 Å². The van der Waals surface area contributed by atoms with Gasteiger partial charge in [0.05, 0.1) is 0 Å². The Hall–Kier alpha value is -0.430. The summed E-state index contributed by atoms with van der Waals surface area (Å²) < 4.78 is 0.